The van der Waals surface area contributed by atoms with E-state index in [9.17, 15) is 4.79 Å². The summed E-state index contributed by atoms with van der Waals surface area (Å²) in [5.74, 6) is 0.140. The Labute approximate surface area is 161 Å². The Bertz CT molecular complexity index is 969. The van der Waals surface area contributed by atoms with Crippen molar-refractivity contribution in [3.63, 3.8) is 0 Å². The average Bonchev–Trinajstić information content (AvgIpc) is 2.85. The van der Waals surface area contributed by atoms with Gasteiger partial charge in [0.25, 0.3) is 5.91 Å². The molecule has 1 aromatic carbocycles. The van der Waals surface area contributed by atoms with E-state index in [1.54, 1.807) is 11.7 Å². The second-order valence-corrected chi connectivity index (χ2v) is 7.44. The topological polar surface area (TPSA) is 69.0 Å². The van der Waals surface area contributed by atoms with Gasteiger partial charge in [0.2, 0.25) is 5.88 Å². The summed E-state index contributed by atoms with van der Waals surface area (Å²) in [5.41, 5.74) is 3.34. The number of hydrogen-bond donors (Lipinski definition) is 1. The minimum Gasteiger partial charge on any atom is -0.466 e. The van der Waals surface area contributed by atoms with Crippen LogP contribution in [0.4, 0.5) is 5.69 Å². The molecule has 1 amide bonds. The zero-order valence-corrected chi connectivity index (χ0v) is 17.1. The van der Waals surface area contributed by atoms with Gasteiger partial charge in [0.15, 0.2) is 12.3 Å². The van der Waals surface area contributed by atoms with Gasteiger partial charge in [-0.15, -0.1) is 5.10 Å². The predicted octanol–water partition coefficient (Wildman–Crippen LogP) is 4.13. The lowest BCUT2D eigenvalue weighted by atomic mass is 10.2. The van der Waals surface area contributed by atoms with E-state index in [4.69, 9.17) is 4.74 Å². The Morgan fingerprint density at radius 3 is 2.80 bits per heavy atom. The van der Waals surface area contributed by atoms with Crippen LogP contribution >= 0.6 is 31.9 Å². The van der Waals surface area contributed by atoms with Gasteiger partial charge in [-0.3, -0.25) is 4.79 Å². The van der Waals surface area contributed by atoms with Crippen LogP contribution in [0.15, 0.2) is 33.2 Å². The highest BCUT2D eigenvalue weighted by Gasteiger charge is 2.16. The number of carbonyl (C=O) groups excluding carboxylic acids is 1. The van der Waals surface area contributed by atoms with E-state index >= 15 is 0 Å². The second kappa shape index (κ2) is 7.13. The van der Waals surface area contributed by atoms with Gasteiger partial charge < -0.3 is 10.1 Å². The highest BCUT2D eigenvalue weighted by atomic mass is 79.9. The maximum Gasteiger partial charge on any atom is 0.262 e. The third kappa shape index (κ3) is 3.85. The van der Waals surface area contributed by atoms with E-state index in [1.165, 1.54) is 0 Å². The molecule has 2 heterocycles. The van der Waals surface area contributed by atoms with Gasteiger partial charge in [-0.25, -0.2) is 9.67 Å². The van der Waals surface area contributed by atoms with Gasteiger partial charge in [0.05, 0.1) is 11.1 Å². The molecule has 0 aliphatic heterocycles. The fourth-order valence-electron chi connectivity index (χ4n) is 2.56. The molecule has 3 rings (SSSR count). The Morgan fingerprint density at radius 2 is 2.04 bits per heavy atom. The number of benzene rings is 1. The number of ether oxygens (including phenoxy) is 1. The molecule has 130 valence electrons. The van der Waals surface area contributed by atoms with E-state index in [0.29, 0.717) is 11.6 Å². The summed E-state index contributed by atoms with van der Waals surface area (Å²) < 4.78 is 8.98. The van der Waals surface area contributed by atoms with E-state index < -0.39 is 0 Å². The third-order valence-electron chi connectivity index (χ3n) is 3.63. The summed E-state index contributed by atoms with van der Waals surface area (Å²) in [6.07, 6.45) is 0. The van der Waals surface area contributed by atoms with Crippen molar-refractivity contribution in [2.24, 2.45) is 7.05 Å². The van der Waals surface area contributed by atoms with E-state index in [1.807, 2.05) is 38.1 Å². The van der Waals surface area contributed by atoms with Crippen molar-refractivity contribution in [2.75, 3.05) is 11.9 Å². The number of hydrogen-bond acceptors (Lipinski definition) is 4. The molecule has 25 heavy (non-hydrogen) atoms. The number of nitrogens with zero attached hydrogens (tertiary/aromatic N) is 3. The molecule has 0 fully saturated rings. The van der Waals surface area contributed by atoms with Crippen molar-refractivity contribution in [3.8, 4) is 5.88 Å². The zero-order valence-electron chi connectivity index (χ0n) is 13.9. The van der Waals surface area contributed by atoms with Crippen molar-refractivity contribution >= 4 is 54.5 Å². The minimum atomic E-state index is -0.268. The first-order chi connectivity index (χ1) is 11.8. The molecule has 0 atom stereocenters. The summed E-state index contributed by atoms with van der Waals surface area (Å²) in [6.45, 7) is 3.77. The summed E-state index contributed by atoms with van der Waals surface area (Å²) in [5, 5.41) is 7.97. The van der Waals surface area contributed by atoms with Gasteiger partial charge >= 0.3 is 0 Å². The van der Waals surface area contributed by atoms with Crippen LogP contribution in [0.25, 0.3) is 11.0 Å². The van der Waals surface area contributed by atoms with Crippen LogP contribution in [-0.2, 0) is 11.8 Å². The van der Waals surface area contributed by atoms with Crippen LogP contribution in [-0.4, -0.2) is 27.3 Å². The summed E-state index contributed by atoms with van der Waals surface area (Å²) in [6, 6.07) is 7.52. The Balaban J connectivity index is 1.77. The van der Waals surface area contributed by atoms with Gasteiger partial charge in [0.1, 0.15) is 0 Å². The van der Waals surface area contributed by atoms with Crippen molar-refractivity contribution in [3.05, 3.63) is 44.5 Å². The largest absolute Gasteiger partial charge is 0.466 e. The minimum absolute atomic E-state index is 0.140. The predicted molar refractivity (Wildman–Crippen MR) is 104 cm³/mol. The normalized spacial score (nSPS) is 10.9. The van der Waals surface area contributed by atoms with Crippen molar-refractivity contribution < 1.29 is 9.53 Å². The number of aryl methyl sites for hydroxylation is 3. The second-order valence-electron chi connectivity index (χ2n) is 5.67. The molecule has 0 bridgehead atoms. The molecule has 0 aliphatic carbocycles. The molecule has 0 unspecified atom stereocenters. The summed E-state index contributed by atoms with van der Waals surface area (Å²) in [4.78, 5) is 16.7. The molecular weight excluding hydrogens is 452 g/mol. The quantitative estimate of drug-likeness (QED) is 0.626. The number of halogens is 2. The molecule has 6 nitrogen and oxygen atoms in total. The first-order valence-corrected chi connectivity index (χ1v) is 9.12. The smallest absolute Gasteiger partial charge is 0.262 e. The zero-order chi connectivity index (χ0) is 18.1. The number of fused-ring (bicyclic) bond motifs is 1. The summed E-state index contributed by atoms with van der Waals surface area (Å²) in [7, 11) is 1.81. The molecule has 0 radical (unpaired) electrons. The van der Waals surface area contributed by atoms with Gasteiger partial charge in [-0.1, -0.05) is 15.9 Å². The van der Waals surface area contributed by atoms with Gasteiger partial charge in [-0.2, -0.15) is 0 Å². The highest BCUT2D eigenvalue weighted by molar-refractivity contribution is 9.11. The van der Waals surface area contributed by atoms with E-state index in [0.717, 1.165) is 31.2 Å². The number of amides is 1. The van der Waals surface area contributed by atoms with E-state index in [2.05, 4.69) is 47.3 Å². The number of pyridine rings is 1. The molecule has 3 aromatic rings. The first-order valence-electron chi connectivity index (χ1n) is 7.54. The molecule has 0 saturated carbocycles. The molecule has 0 aliphatic rings. The molecular formula is C17H16Br2N4O2. The Morgan fingerprint density at radius 1 is 1.28 bits per heavy atom. The number of carbonyl (C=O) groups is 1. The SMILES string of the molecule is Cc1cc(C)c2c(OCC(=O)Nc3cc(Br)ccc3Br)nn(C)c2n1. The monoisotopic (exact) mass is 466 g/mol. The van der Waals surface area contributed by atoms with Crippen LogP contribution in [0.1, 0.15) is 11.3 Å². The van der Waals surface area contributed by atoms with Gasteiger partial charge in [-0.05, 0) is 59.6 Å². The number of aromatic nitrogens is 3. The Kier molecular flexibility index (Phi) is 5.10. The standard InChI is InChI=1S/C17H16Br2N4O2/c1-9-6-10(2)20-16-15(9)17(22-23(16)3)25-8-14(24)21-13-7-11(18)4-5-12(13)19/h4-7H,8H2,1-3H3,(H,21,24). The van der Waals surface area contributed by atoms with Crippen molar-refractivity contribution in [2.45, 2.75) is 13.8 Å². The average molecular weight is 468 g/mol. The van der Waals surface area contributed by atoms with Crippen LogP contribution < -0.4 is 10.1 Å². The lowest BCUT2D eigenvalue weighted by Gasteiger charge is -2.08. The maximum absolute atomic E-state index is 12.2. The maximum atomic E-state index is 12.2. The van der Waals surface area contributed by atoms with Crippen LogP contribution in [0.2, 0.25) is 0 Å². The highest BCUT2D eigenvalue weighted by Crippen LogP contribution is 2.28. The molecule has 0 spiro atoms. The fourth-order valence-corrected chi connectivity index (χ4v) is 3.27. The molecule has 2 aromatic heterocycles. The summed E-state index contributed by atoms with van der Waals surface area (Å²) >= 11 is 6.79. The van der Waals surface area contributed by atoms with E-state index in [-0.39, 0.29) is 12.5 Å². The number of rotatable bonds is 4. The van der Waals surface area contributed by atoms with Gasteiger partial charge in [0, 0.05) is 21.7 Å². The first kappa shape index (κ1) is 17.9. The molecule has 8 heteroatoms. The van der Waals surface area contributed by atoms with Crippen molar-refractivity contribution in [1.29, 1.82) is 0 Å². The van der Waals surface area contributed by atoms with Crippen molar-refractivity contribution in [1.82, 2.24) is 14.8 Å². The third-order valence-corrected chi connectivity index (χ3v) is 4.81. The van der Waals surface area contributed by atoms with Crippen LogP contribution in [0, 0.1) is 13.8 Å². The number of anilines is 1. The molecule has 1 N–H and O–H groups in total. The fraction of sp³-hybridized carbons (Fsp3) is 0.235. The lowest BCUT2D eigenvalue weighted by Crippen LogP contribution is -2.20. The Hall–Kier alpha value is -1.93. The van der Waals surface area contributed by atoms with Crippen LogP contribution in [0.3, 0.4) is 0 Å². The molecule has 0 saturated heterocycles. The number of nitrogens with one attached hydrogen (secondary N) is 1. The lowest BCUT2D eigenvalue weighted by molar-refractivity contribution is -0.118. The van der Waals surface area contributed by atoms with Crippen LogP contribution in [0.5, 0.6) is 5.88 Å².